The van der Waals surface area contributed by atoms with E-state index < -0.39 is 0 Å². The fourth-order valence-electron chi connectivity index (χ4n) is 1.94. The van der Waals surface area contributed by atoms with Gasteiger partial charge in [0.15, 0.2) is 0 Å². The van der Waals surface area contributed by atoms with Crippen LogP contribution in [0, 0.1) is 13.8 Å². The van der Waals surface area contributed by atoms with Gasteiger partial charge in [-0.2, -0.15) is 5.10 Å². The number of aryl methyl sites for hydroxylation is 2. The van der Waals surface area contributed by atoms with Crippen molar-refractivity contribution in [1.29, 1.82) is 0 Å². The van der Waals surface area contributed by atoms with E-state index in [2.05, 4.69) is 27.8 Å². The van der Waals surface area contributed by atoms with Gasteiger partial charge in [-0.15, -0.1) is 0 Å². The van der Waals surface area contributed by atoms with Gasteiger partial charge in [0.2, 0.25) is 0 Å². The fourth-order valence-corrected chi connectivity index (χ4v) is 1.94. The molecular formula is C10H18N4. The van der Waals surface area contributed by atoms with Crippen molar-refractivity contribution < 1.29 is 0 Å². The molecule has 0 radical (unpaired) electrons. The molecule has 14 heavy (non-hydrogen) atoms. The van der Waals surface area contributed by atoms with E-state index in [1.165, 1.54) is 18.5 Å². The zero-order valence-corrected chi connectivity index (χ0v) is 8.85. The van der Waals surface area contributed by atoms with Gasteiger partial charge in [-0.1, -0.05) is 0 Å². The second-order valence-electron chi connectivity index (χ2n) is 4.00. The molecule has 0 aromatic carbocycles. The summed E-state index contributed by atoms with van der Waals surface area (Å²) < 4.78 is 0. The molecule has 0 saturated carbocycles. The summed E-state index contributed by atoms with van der Waals surface area (Å²) in [5.41, 5.74) is 3.37. The molecule has 4 heteroatoms. The number of piperidine rings is 1. The van der Waals surface area contributed by atoms with Crippen LogP contribution in [0.25, 0.3) is 0 Å². The van der Waals surface area contributed by atoms with Gasteiger partial charge in [0.25, 0.3) is 0 Å². The van der Waals surface area contributed by atoms with Crippen molar-refractivity contribution in [2.45, 2.75) is 32.7 Å². The van der Waals surface area contributed by atoms with Crippen LogP contribution < -0.4 is 10.6 Å². The fraction of sp³-hybridized carbons (Fsp3) is 0.700. The molecule has 0 spiro atoms. The molecule has 1 fully saturated rings. The molecule has 2 rings (SSSR count). The van der Waals surface area contributed by atoms with E-state index >= 15 is 0 Å². The first kappa shape index (κ1) is 9.52. The summed E-state index contributed by atoms with van der Waals surface area (Å²) in [7, 11) is 0. The molecule has 1 aromatic heterocycles. The van der Waals surface area contributed by atoms with Crippen LogP contribution in [0.4, 0.5) is 5.69 Å². The third kappa shape index (κ3) is 1.90. The molecule has 1 aliphatic rings. The average Bonchev–Trinajstić information content (AvgIpc) is 2.51. The molecule has 3 N–H and O–H groups in total. The summed E-state index contributed by atoms with van der Waals surface area (Å²) >= 11 is 0. The van der Waals surface area contributed by atoms with Gasteiger partial charge in [-0.05, 0) is 33.2 Å². The summed E-state index contributed by atoms with van der Waals surface area (Å²) in [6, 6.07) is 0.554. The van der Waals surface area contributed by atoms with Crippen LogP contribution in [0.2, 0.25) is 0 Å². The van der Waals surface area contributed by atoms with Crippen molar-refractivity contribution in [2.24, 2.45) is 0 Å². The van der Waals surface area contributed by atoms with Gasteiger partial charge >= 0.3 is 0 Å². The molecule has 1 atom stereocenters. The predicted molar refractivity (Wildman–Crippen MR) is 57.6 cm³/mol. The maximum Gasteiger partial charge on any atom is 0.0825 e. The summed E-state index contributed by atoms with van der Waals surface area (Å²) in [6.45, 7) is 6.30. The number of aromatic nitrogens is 2. The average molecular weight is 194 g/mol. The minimum Gasteiger partial charge on any atom is -0.378 e. The molecule has 1 aromatic rings. The lowest BCUT2D eigenvalue weighted by atomic mass is 10.1. The first-order valence-electron chi connectivity index (χ1n) is 5.26. The Labute approximate surface area is 84.5 Å². The molecule has 2 heterocycles. The van der Waals surface area contributed by atoms with E-state index in [1.54, 1.807) is 0 Å². The molecule has 1 unspecified atom stereocenters. The molecule has 0 bridgehead atoms. The third-order valence-electron chi connectivity index (χ3n) is 2.77. The summed E-state index contributed by atoms with van der Waals surface area (Å²) in [5.74, 6) is 0. The topological polar surface area (TPSA) is 52.7 Å². The van der Waals surface area contributed by atoms with Crippen molar-refractivity contribution >= 4 is 5.69 Å². The van der Waals surface area contributed by atoms with Gasteiger partial charge < -0.3 is 10.6 Å². The SMILES string of the molecule is Cc1n[nH]c(C)c1NC1CCCNC1. The number of anilines is 1. The quantitative estimate of drug-likeness (QED) is 0.663. The Hall–Kier alpha value is -1.03. The molecular weight excluding hydrogens is 176 g/mol. The summed E-state index contributed by atoms with van der Waals surface area (Å²) in [5, 5.41) is 14.1. The lowest BCUT2D eigenvalue weighted by Gasteiger charge is -2.24. The highest BCUT2D eigenvalue weighted by atomic mass is 15.2. The number of hydrogen-bond acceptors (Lipinski definition) is 3. The monoisotopic (exact) mass is 194 g/mol. The van der Waals surface area contributed by atoms with Crippen molar-refractivity contribution in [3.63, 3.8) is 0 Å². The zero-order valence-electron chi connectivity index (χ0n) is 8.85. The Morgan fingerprint density at radius 1 is 1.43 bits per heavy atom. The minimum atomic E-state index is 0.554. The highest BCUT2D eigenvalue weighted by molar-refractivity contribution is 5.52. The molecule has 0 amide bonds. The summed E-state index contributed by atoms with van der Waals surface area (Å²) in [4.78, 5) is 0. The Balaban J connectivity index is 2.02. The Morgan fingerprint density at radius 2 is 2.29 bits per heavy atom. The standard InChI is InChI=1S/C10H18N4/c1-7-10(8(2)14-13-7)12-9-4-3-5-11-6-9/h9,11-12H,3-6H2,1-2H3,(H,13,14). The van der Waals surface area contributed by atoms with Crippen molar-refractivity contribution in [3.05, 3.63) is 11.4 Å². The van der Waals surface area contributed by atoms with Gasteiger partial charge in [0.05, 0.1) is 17.1 Å². The highest BCUT2D eigenvalue weighted by Gasteiger charge is 2.15. The second-order valence-corrected chi connectivity index (χ2v) is 4.00. The third-order valence-corrected chi connectivity index (χ3v) is 2.77. The Morgan fingerprint density at radius 3 is 2.86 bits per heavy atom. The van der Waals surface area contributed by atoms with Gasteiger partial charge in [0, 0.05) is 12.6 Å². The van der Waals surface area contributed by atoms with Gasteiger partial charge in [-0.3, -0.25) is 5.10 Å². The van der Waals surface area contributed by atoms with Crippen LogP contribution in [0.1, 0.15) is 24.2 Å². The summed E-state index contributed by atoms with van der Waals surface area (Å²) in [6.07, 6.45) is 2.50. The molecule has 1 aliphatic heterocycles. The van der Waals surface area contributed by atoms with Crippen LogP contribution in [0.3, 0.4) is 0 Å². The molecule has 78 valence electrons. The van der Waals surface area contributed by atoms with Crippen LogP contribution in [-0.2, 0) is 0 Å². The molecule has 4 nitrogen and oxygen atoms in total. The van der Waals surface area contributed by atoms with E-state index in [9.17, 15) is 0 Å². The first-order valence-corrected chi connectivity index (χ1v) is 5.26. The number of nitrogens with one attached hydrogen (secondary N) is 3. The van der Waals surface area contributed by atoms with E-state index in [0.29, 0.717) is 6.04 Å². The minimum absolute atomic E-state index is 0.554. The molecule has 0 aliphatic carbocycles. The number of H-pyrrole nitrogens is 1. The van der Waals surface area contributed by atoms with Crippen LogP contribution in [-0.4, -0.2) is 29.3 Å². The largest absolute Gasteiger partial charge is 0.378 e. The van der Waals surface area contributed by atoms with E-state index in [1.807, 2.05) is 6.92 Å². The lowest BCUT2D eigenvalue weighted by molar-refractivity contribution is 0.479. The predicted octanol–water partition coefficient (Wildman–Crippen LogP) is 1.19. The Bertz CT molecular complexity index is 280. The van der Waals surface area contributed by atoms with Gasteiger partial charge in [0.1, 0.15) is 0 Å². The van der Waals surface area contributed by atoms with Crippen LogP contribution in [0.15, 0.2) is 0 Å². The number of rotatable bonds is 2. The van der Waals surface area contributed by atoms with E-state index in [-0.39, 0.29) is 0 Å². The maximum absolute atomic E-state index is 4.17. The number of aromatic amines is 1. The highest BCUT2D eigenvalue weighted by Crippen LogP contribution is 2.18. The molecule has 1 saturated heterocycles. The smallest absolute Gasteiger partial charge is 0.0825 e. The van der Waals surface area contributed by atoms with Gasteiger partial charge in [-0.25, -0.2) is 0 Å². The van der Waals surface area contributed by atoms with Crippen LogP contribution in [0.5, 0.6) is 0 Å². The number of nitrogens with zero attached hydrogens (tertiary/aromatic N) is 1. The first-order chi connectivity index (χ1) is 6.77. The van der Waals surface area contributed by atoms with Crippen molar-refractivity contribution in [2.75, 3.05) is 18.4 Å². The number of hydrogen-bond donors (Lipinski definition) is 3. The van der Waals surface area contributed by atoms with Crippen LogP contribution >= 0.6 is 0 Å². The van der Waals surface area contributed by atoms with Crippen molar-refractivity contribution in [1.82, 2.24) is 15.5 Å². The maximum atomic E-state index is 4.17. The van der Waals surface area contributed by atoms with Crippen molar-refractivity contribution in [3.8, 4) is 0 Å². The Kier molecular flexibility index (Phi) is 2.72. The zero-order chi connectivity index (χ0) is 9.97. The van der Waals surface area contributed by atoms with E-state index in [4.69, 9.17) is 0 Å². The lowest BCUT2D eigenvalue weighted by Crippen LogP contribution is -2.38. The second kappa shape index (κ2) is 4.00. The normalized spacial score (nSPS) is 22.3. The van der Waals surface area contributed by atoms with E-state index in [0.717, 1.165) is 24.5 Å².